The molecule has 0 saturated carbocycles. The van der Waals surface area contributed by atoms with E-state index in [0.29, 0.717) is 19.1 Å². The number of nitrogens with zero attached hydrogens (tertiary/aromatic N) is 1. The lowest BCUT2D eigenvalue weighted by Crippen LogP contribution is -2.45. The van der Waals surface area contributed by atoms with Gasteiger partial charge in [0.1, 0.15) is 0 Å². The Bertz CT molecular complexity index is 534. The first-order chi connectivity index (χ1) is 12.2. The van der Waals surface area contributed by atoms with Crippen LogP contribution in [0.1, 0.15) is 18.4 Å². The lowest BCUT2D eigenvalue weighted by atomic mass is 9.90. The van der Waals surface area contributed by atoms with Crippen LogP contribution in [0, 0.1) is 5.92 Å². The van der Waals surface area contributed by atoms with E-state index in [0.717, 1.165) is 32.4 Å². The van der Waals surface area contributed by atoms with E-state index in [1.54, 1.807) is 7.11 Å². The fraction of sp³-hybridized carbons (Fsp3) is 0.579. The average molecular weight is 384 g/mol. The SMILES string of the molecule is COCCNCC(=O)NCC(=O)N1CCC(Cc2ccccc2)CC1.Cl. The van der Waals surface area contributed by atoms with Gasteiger partial charge in [0, 0.05) is 26.7 Å². The molecule has 146 valence electrons. The van der Waals surface area contributed by atoms with Crippen LogP contribution in [0.3, 0.4) is 0 Å². The van der Waals surface area contributed by atoms with Crippen LogP contribution in [0.5, 0.6) is 0 Å². The first-order valence-corrected chi connectivity index (χ1v) is 8.97. The van der Waals surface area contributed by atoms with Crippen molar-refractivity contribution in [1.29, 1.82) is 0 Å². The summed E-state index contributed by atoms with van der Waals surface area (Å²) in [5.74, 6) is 0.470. The number of methoxy groups -OCH3 is 1. The second-order valence-electron chi connectivity index (χ2n) is 6.46. The quantitative estimate of drug-likeness (QED) is 0.629. The molecule has 0 aromatic heterocycles. The van der Waals surface area contributed by atoms with Crippen molar-refractivity contribution in [2.45, 2.75) is 19.3 Å². The molecule has 1 aliphatic heterocycles. The number of carbonyl (C=O) groups excluding carboxylic acids is 2. The highest BCUT2D eigenvalue weighted by Gasteiger charge is 2.22. The highest BCUT2D eigenvalue weighted by Crippen LogP contribution is 2.21. The van der Waals surface area contributed by atoms with Crippen LogP contribution >= 0.6 is 12.4 Å². The first-order valence-electron chi connectivity index (χ1n) is 8.97. The van der Waals surface area contributed by atoms with Crippen LogP contribution in [-0.4, -0.2) is 63.2 Å². The Hall–Kier alpha value is -1.63. The largest absolute Gasteiger partial charge is 0.383 e. The molecule has 1 aromatic carbocycles. The Balaban J connectivity index is 0.00000338. The minimum absolute atomic E-state index is 0. The van der Waals surface area contributed by atoms with E-state index >= 15 is 0 Å². The molecule has 1 saturated heterocycles. The molecule has 0 unspecified atom stereocenters. The molecule has 2 N–H and O–H groups in total. The van der Waals surface area contributed by atoms with E-state index in [1.165, 1.54) is 5.56 Å². The van der Waals surface area contributed by atoms with Gasteiger partial charge in [-0.3, -0.25) is 9.59 Å². The van der Waals surface area contributed by atoms with Crippen molar-refractivity contribution in [2.75, 3.05) is 46.4 Å². The topological polar surface area (TPSA) is 70.7 Å². The number of hydrogen-bond donors (Lipinski definition) is 2. The number of rotatable bonds is 9. The Kier molecular flexibility index (Phi) is 10.9. The van der Waals surface area contributed by atoms with Crippen molar-refractivity contribution in [3.8, 4) is 0 Å². The van der Waals surface area contributed by atoms with E-state index in [-0.39, 0.29) is 37.3 Å². The summed E-state index contributed by atoms with van der Waals surface area (Å²) in [6.07, 6.45) is 3.12. The predicted molar refractivity (Wildman–Crippen MR) is 104 cm³/mol. The van der Waals surface area contributed by atoms with Crippen molar-refractivity contribution in [3.63, 3.8) is 0 Å². The number of carbonyl (C=O) groups is 2. The molecule has 2 amide bonds. The molecule has 1 fully saturated rings. The monoisotopic (exact) mass is 383 g/mol. The van der Waals surface area contributed by atoms with Crippen LogP contribution < -0.4 is 10.6 Å². The van der Waals surface area contributed by atoms with Crippen LogP contribution in [0.15, 0.2) is 30.3 Å². The molecule has 0 bridgehead atoms. The Morgan fingerprint density at radius 1 is 1.15 bits per heavy atom. The van der Waals surface area contributed by atoms with Crippen LogP contribution in [0.4, 0.5) is 0 Å². The molecule has 0 atom stereocenters. The molecule has 1 aromatic rings. The second kappa shape index (κ2) is 12.7. The maximum Gasteiger partial charge on any atom is 0.241 e. The molecule has 0 radical (unpaired) electrons. The van der Waals surface area contributed by atoms with Gasteiger partial charge in [0.15, 0.2) is 0 Å². The summed E-state index contributed by atoms with van der Waals surface area (Å²) in [5.41, 5.74) is 1.36. The Morgan fingerprint density at radius 2 is 1.85 bits per heavy atom. The van der Waals surface area contributed by atoms with Crippen molar-refractivity contribution in [1.82, 2.24) is 15.5 Å². The smallest absolute Gasteiger partial charge is 0.241 e. The zero-order chi connectivity index (χ0) is 17.9. The van der Waals surface area contributed by atoms with E-state index in [2.05, 4.69) is 34.9 Å². The van der Waals surface area contributed by atoms with E-state index < -0.39 is 0 Å². The minimum Gasteiger partial charge on any atom is -0.383 e. The zero-order valence-corrected chi connectivity index (χ0v) is 16.2. The van der Waals surface area contributed by atoms with Gasteiger partial charge in [-0.25, -0.2) is 0 Å². The lowest BCUT2D eigenvalue weighted by Gasteiger charge is -2.32. The lowest BCUT2D eigenvalue weighted by molar-refractivity contribution is -0.133. The Labute approximate surface area is 162 Å². The number of piperidine rings is 1. The van der Waals surface area contributed by atoms with Gasteiger partial charge in [-0.2, -0.15) is 0 Å². The van der Waals surface area contributed by atoms with E-state index in [4.69, 9.17) is 4.74 Å². The maximum atomic E-state index is 12.2. The standard InChI is InChI=1S/C19H29N3O3.ClH/c1-25-12-9-20-14-18(23)21-15-19(24)22-10-7-17(8-11-22)13-16-5-3-2-4-6-16;/h2-6,17,20H,7-15H2,1H3,(H,21,23);1H. The molecule has 1 heterocycles. The van der Waals surface area contributed by atoms with Crippen LogP contribution in [0.2, 0.25) is 0 Å². The average Bonchev–Trinajstić information content (AvgIpc) is 2.65. The molecule has 7 heteroatoms. The number of halogens is 1. The Morgan fingerprint density at radius 3 is 2.50 bits per heavy atom. The number of benzene rings is 1. The number of nitrogens with one attached hydrogen (secondary N) is 2. The zero-order valence-electron chi connectivity index (χ0n) is 15.4. The van der Waals surface area contributed by atoms with Gasteiger partial charge in [0.2, 0.25) is 11.8 Å². The van der Waals surface area contributed by atoms with Crippen molar-refractivity contribution in [3.05, 3.63) is 35.9 Å². The number of amides is 2. The number of likely N-dealkylation sites (tertiary alicyclic amines) is 1. The van der Waals surface area contributed by atoms with E-state index in [1.807, 2.05) is 11.0 Å². The normalized spacial score (nSPS) is 14.6. The molecule has 6 nitrogen and oxygen atoms in total. The molecule has 0 aliphatic carbocycles. The first kappa shape index (κ1) is 22.4. The summed E-state index contributed by atoms with van der Waals surface area (Å²) >= 11 is 0. The van der Waals surface area contributed by atoms with Crippen molar-refractivity contribution >= 4 is 24.2 Å². The highest BCUT2D eigenvalue weighted by molar-refractivity contribution is 5.86. The third-order valence-electron chi connectivity index (χ3n) is 4.54. The summed E-state index contributed by atoms with van der Waals surface area (Å²) in [7, 11) is 1.61. The van der Waals surface area contributed by atoms with Gasteiger partial charge in [0.05, 0.1) is 19.7 Å². The van der Waals surface area contributed by atoms with Gasteiger partial charge in [-0.1, -0.05) is 30.3 Å². The fourth-order valence-corrected chi connectivity index (χ4v) is 3.06. The van der Waals surface area contributed by atoms with Gasteiger partial charge in [0.25, 0.3) is 0 Å². The van der Waals surface area contributed by atoms with Gasteiger partial charge in [-0.05, 0) is 30.7 Å². The fourth-order valence-electron chi connectivity index (χ4n) is 3.06. The summed E-state index contributed by atoms with van der Waals surface area (Å²) in [6.45, 7) is 3.01. The number of ether oxygens (including phenoxy) is 1. The van der Waals surface area contributed by atoms with Gasteiger partial charge >= 0.3 is 0 Å². The third kappa shape index (κ3) is 8.17. The van der Waals surface area contributed by atoms with Crippen molar-refractivity contribution < 1.29 is 14.3 Å². The van der Waals surface area contributed by atoms with Gasteiger partial charge < -0.3 is 20.3 Å². The van der Waals surface area contributed by atoms with E-state index in [9.17, 15) is 9.59 Å². The second-order valence-corrected chi connectivity index (χ2v) is 6.46. The molecule has 1 aliphatic rings. The molecular formula is C19H30ClN3O3. The van der Waals surface area contributed by atoms with Crippen LogP contribution in [0.25, 0.3) is 0 Å². The summed E-state index contributed by atoms with van der Waals surface area (Å²) < 4.78 is 4.89. The third-order valence-corrected chi connectivity index (χ3v) is 4.54. The van der Waals surface area contributed by atoms with Gasteiger partial charge in [-0.15, -0.1) is 12.4 Å². The summed E-state index contributed by atoms with van der Waals surface area (Å²) in [6, 6.07) is 10.5. The number of hydrogen-bond acceptors (Lipinski definition) is 4. The molecule has 2 rings (SSSR count). The molecule has 26 heavy (non-hydrogen) atoms. The maximum absolute atomic E-state index is 12.2. The molecule has 0 spiro atoms. The minimum atomic E-state index is -0.164. The molecular weight excluding hydrogens is 354 g/mol. The van der Waals surface area contributed by atoms with Crippen molar-refractivity contribution in [2.24, 2.45) is 5.92 Å². The summed E-state index contributed by atoms with van der Waals surface area (Å²) in [4.78, 5) is 25.7. The predicted octanol–water partition coefficient (Wildman–Crippen LogP) is 1.24. The highest BCUT2D eigenvalue weighted by atomic mass is 35.5. The van der Waals surface area contributed by atoms with Crippen LogP contribution in [-0.2, 0) is 20.7 Å². The summed E-state index contributed by atoms with van der Waals surface area (Å²) in [5, 5.41) is 5.63.